The van der Waals surface area contributed by atoms with E-state index in [0.29, 0.717) is 0 Å². The number of aliphatic hydroxyl groups is 1. The summed E-state index contributed by atoms with van der Waals surface area (Å²) in [5.41, 5.74) is 0. The average Bonchev–Trinajstić information content (AvgIpc) is 3.10. The van der Waals surface area contributed by atoms with Gasteiger partial charge in [-0.05, 0) is 12.8 Å². The van der Waals surface area contributed by atoms with Crippen molar-refractivity contribution < 1.29 is 22.0 Å². The zero-order chi connectivity index (χ0) is 18.8. The van der Waals surface area contributed by atoms with E-state index >= 15 is 0 Å². The molecule has 0 radical (unpaired) electrons. The molecular weight excluding hydrogens is 356 g/mol. The second-order valence-corrected chi connectivity index (χ2v) is 8.44. The number of aliphatic imine (C=N–C) groups is 1. The van der Waals surface area contributed by atoms with Crippen molar-refractivity contribution in [1.29, 1.82) is 0 Å². The third-order valence-electron chi connectivity index (χ3n) is 6.00. The largest absolute Gasteiger partial charge is 1.00 e. The first-order valence-electron chi connectivity index (χ1n) is 11.8. The van der Waals surface area contributed by atoms with E-state index in [0.717, 1.165) is 24.1 Å². The normalized spacial score (nSPS) is 18.7. The Morgan fingerprint density at radius 2 is 1.15 bits per heavy atom. The van der Waals surface area contributed by atoms with Gasteiger partial charge in [0.25, 0.3) is 0 Å². The summed E-state index contributed by atoms with van der Waals surface area (Å²) in [7, 11) is 0. The topological polar surface area (TPSA) is 32.6 Å². The lowest BCUT2D eigenvalue weighted by molar-refractivity contribution is -0.829. The van der Waals surface area contributed by atoms with Gasteiger partial charge in [0.15, 0.2) is 6.34 Å². The van der Waals surface area contributed by atoms with Gasteiger partial charge >= 0.3 is 0 Å². The molecule has 1 aliphatic heterocycles. The Morgan fingerprint density at radius 3 is 1.52 bits per heavy atom. The van der Waals surface area contributed by atoms with Crippen LogP contribution in [-0.2, 0) is 0 Å². The van der Waals surface area contributed by atoms with E-state index in [1.807, 2.05) is 0 Å². The molecule has 0 aromatic carbocycles. The van der Waals surface area contributed by atoms with Gasteiger partial charge in [0.2, 0.25) is 0 Å². The Kier molecular flexibility index (Phi) is 19.1. The smallest absolute Gasteiger partial charge is 0.185 e. The van der Waals surface area contributed by atoms with Crippen molar-refractivity contribution in [3.63, 3.8) is 0 Å². The monoisotopic (exact) mass is 402 g/mol. The quantitative estimate of drug-likeness (QED) is 0.261. The first-order valence-corrected chi connectivity index (χ1v) is 11.8. The van der Waals surface area contributed by atoms with Crippen LogP contribution in [0.25, 0.3) is 0 Å². The van der Waals surface area contributed by atoms with E-state index in [1.54, 1.807) is 0 Å². The Balaban J connectivity index is 0.00000676. The molecule has 0 bridgehead atoms. The maximum absolute atomic E-state index is 9.25. The van der Waals surface area contributed by atoms with Crippen LogP contribution < -0.4 is 12.4 Å². The fourth-order valence-corrected chi connectivity index (χ4v) is 4.17. The fourth-order valence-electron chi connectivity index (χ4n) is 4.17. The summed E-state index contributed by atoms with van der Waals surface area (Å²) < 4.78 is 0.926. The van der Waals surface area contributed by atoms with Gasteiger partial charge in [-0.1, -0.05) is 96.8 Å². The lowest BCUT2D eigenvalue weighted by Gasteiger charge is -2.29. The second kappa shape index (κ2) is 19.2. The van der Waals surface area contributed by atoms with Gasteiger partial charge in [-0.2, -0.15) is 0 Å². The van der Waals surface area contributed by atoms with E-state index in [4.69, 9.17) is 0 Å². The molecule has 0 saturated carbocycles. The van der Waals surface area contributed by atoms with Gasteiger partial charge < -0.3 is 17.5 Å². The van der Waals surface area contributed by atoms with E-state index in [2.05, 4.69) is 18.3 Å². The van der Waals surface area contributed by atoms with Crippen molar-refractivity contribution in [2.45, 2.75) is 110 Å². The van der Waals surface area contributed by atoms with E-state index < -0.39 is 0 Å². The highest BCUT2D eigenvalue weighted by atomic mass is 35.5. The number of halogens is 1. The fraction of sp³-hybridized carbons (Fsp3) is 0.957. The van der Waals surface area contributed by atoms with Crippen LogP contribution in [0.1, 0.15) is 110 Å². The molecule has 0 amide bonds. The third kappa shape index (κ3) is 14.5. The molecule has 0 aromatic rings. The minimum absolute atomic E-state index is 0. The molecule has 1 unspecified atom stereocenters. The summed E-state index contributed by atoms with van der Waals surface area (Å²) in [5, 5.41) is 9.25. The Hall–Kier alpha value is -0.120. The maximum atomic E-state index is 9.25. The van der Waals surface area contributed by atoms with Crippen LogP contribution in [0.2, 0.25) is 0 Å². The van der Waals surface area contributed by atoms with Crippen molar-refractivity contribution in [3.05, 3.63) is 0 Å². The Bertz CT molecular complexity index is 338. The molecule has 1 N–H and O–H groups in total. The van der Waals surface area contributed by atoms with E-state index in [-0.39, 0.29) is 19.0 Å². The first-order chi connectivity index (χ1) is 12.8. The predicted octanol–water partition coefficient (Wildman–Crippen LogP) is 3.10. The molecule has 1 rings (SSSR count). The van der Waals surface area contributed by atoms with Crippen LogP contribution >= 0.6 is 0 Å². The standard InChI is InChI=1S/C23H47N2O.ClH/c1-2-3-4-5-6-7-8-9-10-11-12-13-14-15-16-17-19-25(21-22-26)20-18-24-23-25;/h23,26H,2-22H2,1H3;1H/q+1;/p-1. The number of quaternary nitrogens is 1. The van der Waals surface area contributed by atoms with Gasteiger partial charge in [-0.3, -0.25) is 4.48 Å². The minimum atomic E-state index is 0. The second-order valence-electron chi connectivity index (χ2n) is 8.44. The molecule has 0 aliphatic carbocycles. The zero-order valence-corrected chi connectivity index (χ0v) is 18.9. The van der Waals surface area contributed by atoms with Crippen molar-refractivity contribution in [3.8, 4) is 0 Å². The van der Waals surface area contributed by atoms with Crippen molar-refractivity contribution in [2.24, 2.45) is 4.99 Å². The first kappa shape index (κ1) is 26.9. The molecule has 0 aromatic heterocycles. The van der Waals surface area contributed by atoms with Gasteiger partial charge in [0.05, 0.1) is 19.7 Å². The summed E-state index contributed by atoms with van der Waals surface area (Å²) >= 11 is 0. The average molecular weight is 403 g/mol. The van der Waals surface area contributed by atoms with Gasteiger partial charge in [-0.15, -0.1) is 0 Å². The summed E-state index contributed by atoms with van der Waals surface area (Å²) in [5.74, 6) is 0. The zero-order valence-electron chi connectivity index (χ0n) is 18.1. The third-order valence-corrected chi connectivity index (χ3v) is 6.00. The SMILES string of the molecule is CCCCCCCCCCCCCCCCCC[N+]1(CCO)C=NCC1.[Cl-]. The van der Waals surface area contributed by atoms with Gasteiger partial charge in [0, 0.05) is 0 Å². The molecule has 27 heavy (non-hydrogen) atoms. The van der Waals surface area contributed by atoms with Crippen molar-refractivity contribution in [1.82, 2.24) is 0 Å². The number of aliphatic hydroxyl groups excluding tert-OH is 1. The molecule has 3 nitrogen and oxygen atoms in total. The van der Waals surface area contributed by atoms with Crippen LogP contribution in [0.5, 0.6) is 0 Å². The van der Waals surface area contributed by atoms with Gasteiger partial charge in [-0.25, -0.2) is 4.99 Å². The molecule has 1 atom stereocenters. The van der Waals surface area contributed by atoms with Crippen LogP contribution in [0.4, 0.5) is 0 Å². The van der Waals surface area contributed by atoms with E-state index in [1.165, 1.54) is 109 Å². The maximum Gasteiger partial charge on any atom is 0.185 e. The van der Waals surface area contributed by atoms with Crippen LogP contribution in [0.3, 0.4) is 0 Å². The number of hydrogen-bond donors (Lipinski definition) is 1. The number of hydrogen-bond acceptors (Lipinski definition) is 2. The van der Waals surface area contributed by atoms with Gasteiger partial charge in [0.1, 0.15) is 13.1 Å². The highest BCUT2D eigenvalue weighted by Crippen LogP contribution is 2.15. The highest BCUT2D eigenvalue weighted by molar-refractivity contribution is 5.48. The lowest BCUT2D eigenvalue weighted by atomic mass is 10.0. The van der Waals surface area contributed by atoms with Crippen LogP contribution in [0.15, 0.2) is 4.99 Å². The molecule has 0 fully saturated rings. The molecule has 0 spiro atoms. The summed E-state index contributed by atoms with van der Waals surface area (Å²) in [4.78, 5) is 4.38. The van der Waals surface area contributed by atoms with Crippen molar-refractivity contribution >= 4 is 6.34 Å². The number of unbranched alkanes of at least 4 members (excludes halogenated alkanes) is 15. The van der Waals surface area contributed by atoms with Crippen LogP contribution in [-0.4, -0.2) is 48.7 Å². The summed E-state index contributed by atoms with van der Waals surface area (Å²) in [6.45, 7) is 6.63. The lowest BCUT2D eigenvalue weighted by Crippen LogP contribution is -3.00. The Morgan fingerprint density at radius 1 is 0.704 bits per heavy atom. The predicted molar refractivity (Wildman–Crippen MR) is 115 cm³/mol. The summed E-state index contributed by atoms with van der Waals surface area (Å²) in [6, 6.07) is 0. The highest BCUT2D eigenvalue weighted by Gasteiger charge is 2.27. The van der Waals surface area contributed by atoms with E-state index in [9.17, 15) is 5.11 Å². The molecule has 162 valence electrons. The van der Waals surface area contributed by atoms with Crippen molar-refractivity contribution in [2.75, 3.05) is 32.8 Å². The molecule has 1 aliphatic rings. The molecule has 1 heterocycles. The number of nitrogens with zero attached hydrogens (tertiary/aromatic N) is 2. The summed E-state index contributed by atoms with van der Waals surface area (Å²) in [6.07, 6.45) is 24.8. The molecule has 4 heteroatoms. The minimum Gasteiger partial charge on any atom is -1.00 e. The molecule has 0 saturated heterocycles. The number of rotatable bonds is 19. The molecular formula is C23H47ClN2O. The van der Waals surface area contributed by atoms with Crippen LogP contribution in [0, 0.1) is 0 Å². The Labute approximate surface area is 176 Å².